The van der Waals surface area contributed by atoms with Gasteiger partial charge in [-0.1, -0.05) is 0 Å². The Balaban J connectivity index is 1.71. The Morgan fingerprint density at radius 1 is 1.17 bits per heavy atom. The van der Waals surface area contributed by atoms with Gasteiger partial charge in [0.25, 0.3) is 0 Å². The Morgan fingerprint density at radius 2 is 1.91 bits per heavy atom. The van der Waals surface area contributed by atoms with Crippen LogP contribution in [0.2, 0.25) is 0 Å². The van der Waals surface area contributed by atoms with Crippen molar-refractivity contribution in [1.29, 1.82) is 0 Å². The highest BCUT2D eigenvalue weighted by Gasteiger charge is 2.26. The lowest BCUT2D eigenvalue weighted by atomic mass is 9.89. The molecule has 2 fully saturated rings. The number of nitrogens with zero attached hydrogens (tertiary/aromatic N) is 3. The molecule has 0 spiro atoms. The molecule has 2 aromatic rings. The number of likely N-dealkylation sites (tertiary alicyclic amines) is 1. The van der Waals surface area contributed by atoms with E-state index in [-0.39, 0.29) is 11.7 Å². The standard InChI is InChI=1S/C17H23FN4O/c1-22-6-2-11(3-7-22)14-13(18)10-19-17-15(14)20-16(21-17)12-4-8-23-9-5-12/h10-12H,2-9H2,1H3,(H,19,20,21). The summed E-state index contributed by atoms with van der Waals surface area (Å²) in [5.41, 5.74) is 2.25. The number of hydrogen-bond donors (Lipinski definition) is 1. The van der Waals surface area contributed by atoms with Gasteiger partial charge in [0.1, 0.15) is 11.6 Å². The van der Waals surface area contributed by atoms with E-state index in [2.05, 4.69) is 26.9 Å². The van der Waals surface area contributed by atoms with E-state index in [0.29, 0.717) is 11.6 Å². The third-order valence-electron chi connectivity index (χ3n) is 5.26. The quantitative estimate of drug-likeness (QED) is 0.925. The molecule has 1 N–H and O–H groups in total. The van der Waals surface area contributed by atoms with Crippen LogP contribution >= 0.6 is 0 Å². The van der Waals surface area contributed by atoms with Crippen molar-refractivity contribution in [2.24, 2.45) is 0 Å². The second kappa shape index (κ2) is 6.17. The number of ether oxygens (including phenoxy) is 1. The van der Waals surface area contributed by atoms with Crippen LogP contribution in [0.25, 0.3) is 11.2 Å². The molecule has 0 aromatic carbocycles. The lowest BCUT2D eigenvalue weighted by Crippen LogP contribution is -2.29. The molecule has 0 amide bonds. The molecule has 6 heteroatoms. The lowest BCUT2D eigenvalue weighted by Gasteiger charge is -2.29. The van der Waals surface area contributed by atoms with Crippen LogP contribution in [0.15, 0.2) is 6.20 Å². The van der Waals surface area contributed by atoms with Crippen LogP contribution in [0, 0.1) is 5.82 Å². The van der Waals surface area contributed by atoms with E-state index in [1.54, 1.807) is 0 Å². The summed E-state index contributed by atoms with van der Waals surface area (Å²) in [4.78, 5) is 14.6. The van der Waals surface area contributed by atoms with Gasteiger partial charge < -0.3 is 14.6 Å². The normalized spacial score (nSPS) is 22.0. The summed E-state index contributed by atoms with van der Waals surface area (Å²) < 4.78 is 19.9. The molecule has 4 rings (SSSR count). The Bertz CT molecular complexity index is 687. The van der Waals surface area contributed by atoms with Crippen molar-refractivity contribution in [3.05, 3.63) is 23.4 Å². The van der Waals surface area contributed by atoms with Crippen LogP contribution in [0.5, 0.6) is 0 Å². The molecule has 2 saturated heterocycles. The second-order valence-electron chi connectivity index (χ2n) is 6.80. The topological polar surface area (TPSA) is 54.0 Å². The van der Waals surface area contributed by atoms with Gasteiger partial charge >= 0.3 is 0 Å². The summed E-state index contributed by atoms with van der Waals surface area (Å²) in [6.45, 7) is 3.56. The van der Waals surface area contributed by atoms with E-state index < -0.39 is 0 Å². The molecule has 0 bridgehead atoms. The van der Waals surface area contributed by atoms with Crippen LogP contribution in [0.3, 0.4) is 0 Å². The van der Waals surface area contributed by atoms with E-state index in [1.165, 1.54) is 6.20 Å². The molecule has 0 aliphatic carbocycles. The fourth-order valence-corrected chi connectivity index (χ4v) is 3.83. The summed E-state index contributed by atoms with van der Waals surface area (Å²) in [5, 5.41) is 0. The number of pyridine rings is 1. The highest BCUT2D eigenvalue weighted by molar-refractivity contribution is 5.75. The molecule has 4 heterocycles. The van der Waals surface area contributed by atoms with E-state index in [9.17, 15) is 4.39 Å². The fraction of sp³-hybridized carbons (Fsp3) is 0.647. The van der Waals surface area contributed by atoms with Crippen LogP contribution in [-0.2, 0) is 4.74 Å². The van der Waals surface area contributed by atoms with Crippen molar-refractivity contribution in [2.45, 2.75) is 37.5 Å². The Kier molecular flexibility index (Phi) is 4.03. The van der Waals surface area contributed by atoms with Gasteiger partial charge in [-0.15, -0.1) is 0 Å². The molecule has 2 aromatic heterocycles. The molecule has 124 valence electrons. The molecule has 0 atom stereocenters. The van der Waals surface area contributed by atoms with Crippen LogP contribution < -0.4 is 0 Å². The average molecular weight is 318 g/mol. The smallest absolute Gasteiger partial charge is 0.178 e. The van der Waals surface area contributed by atoms with Crippen molar-refractivity contribution in [1.82, 2.24) is 19.9 Å². The summed E-state index contributed by atoms with van der Waals surface area (Å²) in [7, 11) is 2.12. The molecule has 23 heavy (non-hydrogen) atoms. The van der Waals surface area contributed by atoms with Crippen molar-refractivity contribution >= 4 is 11.2 Å². The van der Waals surface area contributed by atoms with Crippen LogP contribution in [-0.4, -0.2) is 53.2 Å². The number of hydrogen-bond acceptors (Lipinski definition) is 4. The van der Waals surface area contributed by atoms with Gasteiger partial charge in [-0.3, -0.25) is 0 Å². The molecule has 0 saturated carbocycles. The van der Waals surface area contributed by atoms with Crippen molar-refractivity contribution in [3.8, 4) is 0 Å². The Labute approximate surface area is 135 Å². The number of H-pyrrole nitrogens is 1. The number of aromatic amines is 1. The van der Waals surface area contributed by atoms with Gasteiger partial charge in [0.05, 0.1) is 11.7 Å². The van der Waals surface area contributed by atoms with E-state index in [0.717, 1.165) is 68.9 Å². The van der Waals surface area contributed by atoms with Gasteiger partial charge in [-0.2, -0.15) is 0 Å². The minimum Gasteiger partial charge on any atom is -0.381 e. The lowest BCUT2D eigenvalue weighted by molar-refractivity contribution is 0.0838. The first-order valence-corrected chi connectivity index (χ1v) is 8.52. The first-order chi connectivity index (χ1) is 11.2. The molecule has 2 aliphatic heterocycles. The van der Waals surface area contributed by atoms with Crippen LogP contribution in [0.1, 0.15) is 48.9 Å². The summed E-state index contributed by atoms with van der Waals surface area (Å²) in [6, 6.07) is 0. The predicted octanol–water partition coefficient (Wildman–Crippen LogP) is 2.80. The van der Waals surface area contributed by atoms with Gasteiger partial charge in [0.15, 0.2) is 5.65 Å². The van der Waals surface area contributed by atoms with Gasteiger partial charge in [-0.25, -0.2) is 14.4 Å². The fourth-order valence-electron chi connectivity index (χ4n) is 3.83. The Morgan fingerprint density at radius 3 is 2.65 bits per heavy atom. The van der Waals surface area contributed by atoms with E-state index in [4.69, 9.17) is 4.74 Å². The van der Waals surface area contributed by atoms with Gasteiger partial charge in [0.2, 0.25) is 0 Å². The van der Waals surface area contributed by atoms with Crippen molar-refractivity contribution in [3.63, 3.8) is 0 Å². The zero-order valence-corrected chi connectivity index (χ0v) is 13.5. The largest absolute Gasteiger partial charge is 0.381 e. The minimum absolute atomic E-state index is 0.200. The second-order valence-corrected chi connectivity index (χ2v) is 6.80. The molecular formula is C17H23FN4O. The maximum Gasteiger partial charge on any atom is 0.178 e. The predicted molar refractivity (Wildman–Crippen MR) is 86.1 cm³/mol. The van der Waals surface area contributed by atoms with Gasteiger partial charge in [-0.05, 0) is 51.7 Å². The van der Waals surface area contributed by atoms with E-state index >= 15 is 0 Å². The third kappa shape index (κ3) is 2.85. The zero-order chi connectivity index (χ0) is 15.8. The highest BCUT2D eigenvalue weighted by Crippen LogP contribution is 2.34. The maximum atomic E-state index is 14.5. The molecule has 0 unspecified atom stereocenters. The number of aromatic nitrogens is 3. The average Bonchev–Trinajstić information content (AvgIpc) is 3.01. The number of piperidine rings is 1. The summed E-state index contributed by atoms with van der Waals surface area (Å²) in [5.74, 6) is 1.36. The monoisotopic (exact) mass is 318 g/mol. The number of imidazole rings is 1. The third-order valence-corrected chi connectivity index (χ3v) is 5.26. The zero-order valence-electron chi connectivity index (χ0n) is 13.5. The molecule has 0 radical (unpaired) electrons. The minimum atomic E-state index is -0.200. The van der Waals surface area contributed by atoms with E-state index in [1.807, 2.05) is 0 Å². The number of nitrogens with one attached hydrogen (secondary N) is 1. The van der Waals surface area contributed by atoms with Crippen molar-refractivity contribution < 1.29 is 9.13 Å². The molecular weight excluding hydrogens is 295 g/mol. The van der Waals surface area contributed by atoms with Gasteiger partial charge in [0, 0.05) is 24.7 Å². The first-order valence-electron chi connectivity index (χ1n) is 8.52. The SMILES string of the molecule is CN1CCC(c2c(F)cnc3nc(C4CCOCC4)[nH]c23)CC1. The first kappa shape index (κ1) is 15.0. The molecule has 5 nitrogen and oxygen atoms in total. The number of fused-ring (bicyclic) bond motifs is 1. The maximum absolute atomic E-state index is 14.5. The number of rotatable bonds is 2. The summed E-state index contributed by atoms with van der Waals surface area (Å²) in [6.07, 6.45) is 5.23. The number of halogens is 1. The van der Waals surface area contributed by atoms with Crippen LogP contribution in [0.4, 0.5) is 4.39 Å². The Hall–Kier alpha value is -1.53. The molecule has 2 aliphatic rings. The highest BCUT2D eigenvalue weighted by atomic mass is 19.1. The summed E-state index contributed by atoms with van der Waals surface area (Å²) >= 11 is 0. The van der Waals surface area contributed by atoms with Crippen molar-refractivity contribution in [2.75, 3.05) is 33.4 Å².